The minimum atomic E-state index is -0.162. The summed E-state index contributed by atoms with van der Waals surface area (Å²) in [4.78, 5) is 2.36. The minimum absolute atomic E-state index is 0.162. The Bertz CT molecular complexity index is 2270. The number of allylic oxidation sites excluding steroid dienone is 7. The summed E-state index contributed by atoms with van der Waals surface area (Å²) < 4.78 is 6.62. The van der Waals surface area contributed by atoms with Crippen molar-refractivity contribution in [1.29, 1.82) is 0 Å². The van der Waals surface area contributed by atoms with Crippen molar-refractivity contribution in [3.05, 3.63) is 180 Å². The molecule has 1 heterocycles. The van der Waals surface area contributed by atoms with Gasteiger partial charge in [-0.3, -0.25) is 0 Å². The third kappa shape index (κ3) is 5.07. The average molecular weight is 610 g/mol. The molecular weight excluding hydrogens is 571 g/mol. The van der Waals surface area contributed by atoms with E-state index in [1.54, 1.807) is 0 Å². The molecule has 2 heteroatoms. The molecule has 2 nitrogen and oxygen atoms in total. The number of rotatable bonds is 8. The van der Waals surface area contributed by atoms with E-state index in [1.165, 1.54) is 27.8 Å². The van der Waals surface area contributed by atoms with Gasteiger partial charge in [0, 0.05) is 38.7 Å². The van der Waals surface area contributed by atoms with Crippen LogP contribution in [-0.2, 0) is 5.41 Å². The van der Waals surface area contributed by atoms with Crippen molar-refractivity contribution in [3.63, 3.8) is 0 Å². The predicted molar refractivity (Wildman–Crippen MR) is 202 cm³/mol. The molecule has 6 aromatic rings. The van der Waals surface area contributed by atoms with Crippen molar-refractivity contribution < 1.29 is 4.42 Å². The highest BCUT2D eigenvalue weighted by atomic mass is 16.3. The van der Waals surface area contributed by atoms with Crippen LogP contribution in [0.2, 0.25) is 0 Å². The molecule has 0 aliphatic heterocycles. The second-order valence-electron chi connectivity index (χ2n) is 12.8. The highest BCUT2D eigenvalue weighted by Crippen LogP contribution is 2.54. The molecule has 47 heavy (non-hydrogen) atoms. The lowest BCUT2D eigenvalue weighted by Crippen LogP contribution is -2.17. The molecule has 1 aliphatic carbocycles. The van der Waals surface area contributed by atoms with Crippen molar-refractivity contribution in [2.45, 2.75) is 33.1 Å². The Hall–Kier alpha value is -5.60. The molecule has 1 aromatic heterocycles. The lowest BCUT2D eigenvalue weighted by molar-refractivity contribution is 0.653. The van der Waals surface area contributed by atoms with Gasteiger partial charge in [0.2, 0.25) is 0 Å². The smallest absolute Gasteiger partial charge is 0.143 e. The standard InChI is InChI=1S/C45H39NO/c1-7-9-19-35-30(3)16-15-21-41(35)46(31(4)23-24-32(8-2)33-17-11-10-12-18-33)34-25-27-39-38(29-34)43-40(45(39,5)6)28-26-37-36-20-13-14-22-42(36)47-44(37)43/h7-29H,1-2H2,3-6H3/b19-9-,31-23+,32-24+. The van der Waals surface area contributed by atoms with Gasteiger partial charge in [-0.2, -0.15) is 0 Å². The van der Waals surface area contributed by atoms with Crippen LogP contribution in [0.25, 0.3) is 44.7 Å². The van der Waals surface area contributed by atoms with E-state index in [9.17, 15) is 0 Å². The van der Waals surface area contributed by atoms with Crippen LogP contribution in [0.15, 0.2) is 157 Å². The second-order valence-corrected chi connectivity index (χ2v) is 12.8. The topological polar surface area (TPSA) is 16.4 Å². The molecule has 0 N–H and O–H groups in total. The Morgan fingerprint density at radius 3 is 2.34 bits per heavy atom. The van der Waals surface area contributed by atoms with Gasteiger partial charge in [-0.15, -0.1) is 0 Å². The molecule has 0 spiro atoms. The number of anilines is 2. The van der Waals surface area contributed by atoms with E-state index < -0.39 is 0 Å². The maximum atomic E-state index is 6.62. The molecule has 1 aliphatic rings. The highest BCUT2D eigenvalue weighted by molar-refractivity contribution is 6.12. The number of hydrogen-bond donors (Lipinski definition) is 0. The van der Waals surface area contributed by atoms with Crippen LogP contribution in [-0.4, -0.2) is 0 Å². The van der Waals surface area contributed by atoms with Gasteiger partial charge in [0.05, 0.1) is 5.69 Å². The summed E-state index contributed by atoms with van der Waals surface area (Å²) in [6.07, 6.45) is 12.3. The maximum Gasteiger partial charge on any atom is 0.143 e. The monoisotopic (exact) mass is 609 g/mol. The Kier molecular flexibility index (Phi) is 7.66. The van der Waals surface area contributed by atoms with E-state index in [1.807, 2.05) is 30.4 Å². The van der Waals surface area contributed by atoms with E-state index in [4.69, 9.17) is 4.42 Å². The summed E-state index contributed by atoms with van der Waals surface area (Å²) in [5.74, 6) is 0. The molecule has 0 bridgehead atoms. The van der Waals surface area contributed by atoms with Gasteiger partial charge in [-0.1, -0.05) is 136 Å². The SMILES string of the molecule is C=C/C=C\c1c(C)cccc1N(/C(C)=C/C=C(\C=C)c1ccccc1)c1ccc2c(c1)-c1c(ccc3c1oc1ccccc13)C2(C)C. The van der Waals surface area contributed by atoms with Gasteiger partial charge in [-0.25, -0.2) is 0 Å². The number of para-hydroxylation sites is 1. The third-order valence-corrected chi connectivity index (χ3v) is 9.55. The zero-order chi connectivity index (χ0) is 32.7. The van der Waals surface area contributed by atoms with Gasteiger partial charge >= 0.3 is 0 Å². The van der Waals surface area contributed by atoms with E-state index in [-0.39, 0.29) is 5.41 Å². The number of benzene rings is 5. The maximum absolute atomic E-state index is 6.62. The quantitative estimate of drug-likeness (QED) is 0.160. The van der Waals surface area contributed by atoms with Crippen molar-refractivity contribution in [1.82, 2.24) is 0 Å². The molecule has 0 fully saturated rings. The summed E-state index contributed by atoms with van der Waals surface area (Å²) in [6, 6.07) is 36.7. The van der Waals surface area contributed by atoms with Crippen LogP contribution in [0.4, 0.5) is 11.4 Å². The molecule has 0 amide bonds. The first kappa shape index (κ1) is 30.1. The van der Waals surface area contributed by atoms with Crippen LogP contribution in [0, 0.1) is 6.92 Å². The summed E-state index contributed by atoms with van der Waals surface area (Å²) in [6.45, 7) is 17.0. The fraction of sp³-hybridized carbons (Fsp3) is 0.111. The van der Waals surface area contributed by atoms with Crippen molar-refractivity contribution in [2.75, 3.05) is 4.90 Å². The van der Waals surface area contributed by atoms with Crippen molar-refractivity contribution >= 4 is 45.0 Å². The Morgan fingerprint density at radius 2 is 1.55 bits per heavy atom. The summed E-state index contributed by atoms with van der Waals surface area (Å²) in [5, 5.41) is 2.30. The average Bonchev–Trinajstić information content (AvgIpc) is 3.57. The number of furan rings is 1. The molecule has 230 valence electrons. The first-order chi connectivity index (χ1) is 22.8. The Morgan fingerprint density at radius 1 is 0.787 bits per heavy atom. The van der Waals surface area contributed by atoms with E-state index in [0.717, 1.165) is 55.7 Å². The number of fused-ring (bicyclic) bond motifs is 7. The van der Waals surface area contributed by atoms with Crippen LogP contribution < -0.4 is 4.90 Å². The van der Waals surface area contributed by atoms with Crippen LogP contribution in [0.5, 0.6) is 0 Å². The fourth-order valence-corrected chi connectivity index (χ4v) is 7.12. The van der Waals surface area contributed by atoms with Gasteiger partial charge in [0.15, 0.2) is 0 Å². The number of aryl methyl sites for hydroxylation is 1. The third-order valence-electron chi connectivity index (χ3n) is 9.55. The molecule has 0 unspecified atom stereocenters. The summed E-state index contributed by atoms with van der Waals surface area (Å²) in [5.41, 5.74) is 14.5. The van der Waals surface area contributed by atoms with E-state index in [0.29, 0.717) is 0 Å². The highest BCUT2D eigenvalue weighted by Gasteiger charge is 2.38. The summed E-state index contributed by atoms with van der Waals surface area (Å²) >= 11 is 0. The van der Waals surface area contributed by atoms with Crippen LogP contribution in [0.1, 0.15) is 48.6 Å². The van der Waals surface area contributed by atoms with E-state index >= 15 is 0 Å². The summed E-state index contributed by atoms with van der Waals surface area (Å²) in [7, 11) is 0. The zero-order valence-corrected chi connectivity index (χ0v) is 27.5. The first-order valence-electron chi connectivity index (χ1n) is 16.2. The molecule has 0 saturated carbocycles. The van der Waals surface area contributed by atoms with Gasteiger partial charge in [0.1, 0.15) is 11.2 Å². The number of hydrogen-bond acceptors (Lipinski definition) is 2. The first-order valence-corrected chi connectivity index (χ1v) is 16.2. The molecular formula is C45H39NO. The second kappa shape index (κ2) is 12.0. The predicted octanol–water partition coefficient (Wildman–Crippen LogP) is 12.7. The fourth-order valence-electron chi connectivity index (χ4n) is 7.12. The van der Waals surface area contributed by atoms with Crippen molar-refractivity contribution in [2.24, 2.45) is 0 Å². The van der Waals surface area contributed by atoms with Crippen LogP contribution >= 0.6 is 0 Å². The number of nitrogens with zero attached hydrogens (tertiary/aromatic N) is 1. The van der Waals surface area contributed by atoms with Gasteiger partial charge in [0.25, 0.3) is 0 Å². The lowest BCUT2D eigenvalue weighted by atomic mass is 9.82. The Labute approximate surface area is 278 Å². The zero-order valence-electron chi connectivity index (χ0n) is 27.5. The largest absolute Gasteiger partial charge is 0.455 e. The lowest BCUT2D eigenvalue weighted by Gasteiger charge is -2.29. The molecule has 0 radical (unpaired) electrons. The molecule has 7 rings (SSSR count). The molecule has 0 saturated heterocycles. The van der Waals surface area contributed by atoms with Crippen LogP contribution in [0.3, 0.4) is 0 Å². The molecule has 5 aromatic carbocycles. The minimum Gasteiger partial charge on any atom is -0.455 e. The molecule has 0 atom stereocenters. The van der Waals surface area contributed by atoms with E-state index in [2.05, 4.69) is 155 Å². The Balaban J connectivity index is 1.46. The normalized spacial score (nSPS) is 14.0. The van der Waals surface area contributed by atoms with Gasteiger partial charge < -0.3 is 9.32 Å². The van der Waals surface area contributed by atoms with Crippen molar-refractivity contribution in [3.8, 4) is 11.1 Å². The van der Waals surface area contributed by atoms with Gasteiger partial charge in [-0.05, 0) is 77.6 Å².